The van der Waals surface area contributed by atoms with Crippen LogP contribution in [-0.2, 0) is 0 Å². The highest BCUT2D eigenvalue weighted by Gasteiger charge is 2.24. The van der Waals surface area contributed by atoms with Gasteiger partial charge in [0.05, 0.1) is 23.0 Å². The second-order valence-electron chi connectivity index (χ2n) is 7.74. The molecule has 5 nitrogen and oxygen atoms in total. The number of nitrogens with zero attached hydrogens (tertiary/aromatic N) is 3. The predicted molar refractivity (Wildman–Crippen MR) is 114 cm³/mol. The van der Waals surface area contributed by atoms with E-state index in [1.807, 2.05) is 30.6 Å². The van der Waals surface area contributed by atoms with Gasteiger partial charge in [0.25, 0.3) is 5.91 Å². The van der Waals surface area contributed by atoms with E-state index in [4.69, 9.17) is 0 Å². The lowest BCUT2D eigenvalue weighted by Crippen LogP contribution is -2.14. The Hall–Kier alpha value is -3.54. The number of amides is 1. The van der Waals surface area contributed by atoms with E-state index in [1.165, 1.54) is 43.5 Å². The van der Waals surface area contributed by atoms with E-state index < -0.39 is 0 Å². The van der Waals surface area contributed by atoms with Crippen molar-refractivity contribution in [2.45, 2.75) is 32.1 Å². The van der Waals surface area contributed by atoms with Crippen molar-refractivity contribution in [2.24, 2.45) is 0 Å². The average molecular weight is 400 g/mol. The van der Waals surface area contributed by atoms with E-state index >= 15 is 0 Å². The minimum absolute atomic E-state index is 0.274. The Morgan fingerprint density at radius 1 is 1.13 bits per heavy atom. The molecule has 5 rings (SSSR count). The van der Waals surface area contributed by atoms with Crippen molar-refractivity contribution in [3.63, 3.8) is 0 Å². The Bertz CT molecular complexity index is 1240. The Morgan fingerprint density at radius 3 is 2.67 bits per heavy atom. The van der Waals surface area contributed by atoms with Gasteiger partial charge in [0.15, 0.2) is 0 Å². The van der Waals surface area contributed by atoms with Crippen LogP contribution in [0.1, 0.15) is 47.1 Å². The van der Waals surface area contributed by atoms with E-state index in [0.717, 1.165) is 22.5 Å². The summed E-state index contributed by atoms with van der Waals surface area (Å²) in [5.74, 6) is 1.01. The number of carbonyl (C=O) groups excluding carboxylic acids is 1. The largest absolute Gasteiger partial charge is 0.322 e. The fraction of sp³-hybridized carbons (Fsp3) is 0.208. The van der Waals surface area contributed by atoms with Crippen LogP contribution in [0.3, 0.4) is 0 Å². The number of carbonyl (C=O) groups is 1. The number of fused-ring (bicyclic) bond motifs is 1. The number of anilines is 1. The van der Waals surface area contributed by atoms with E-state index in [9.17, 15) is 9.18 Å². The quantitative estimate of drug-likeness (QED) is 0.501. The smallest absolute Gasteiger partial charge is 0.257 e. The van der Waals surface area contributed by atoms with E-state index in [2.05, 4.69) is 19.7 Å². The van der Waals surface area contributed by atoms with Crippen LogP contribution in [0.15, 0.2) is 61.1 Å². The predicted octanol–water partition coefficient (Wildman–Crippen LogP) is 5.36. The van der Waals surface area contributed by atoms with Crippen LogP contribution in [0.4, 0.5) is 10.1 Å². The maximum absolute atomic E-state index is 13.1. The molecule has 4 aromatic rings. The number of hydrogen-bond donors (Lipinski definition) is 1. The third-order valence-electron chi connectivity index (χ3n) is 5.81. The van der Waals surface area contributed by atoms with Gasteiger partial charge in [-0.1, -0.05) is 12.5 Å². The number of aryl methyl sites for hydroxylation is 1. The molecule has 1 aliphatic carbocycles. The number of rotatable bonds is 4. The zero-order valence-electron chi connectivity index (χ0n) is 16.6. The lowest BCUT2D eigenvalue weighted by Gasteiger charge is -2.24. The summed E-state index contributed by atoms with van der Waals surface area (Å²) in [4.78, 5) is 22.0. The molecule has 0 unspecified atom stereocenters. The van der Waals surface area contributed by atoms with Crippen molar-refractivity contribution >= 4 is 17.1 Å². The van der Waals surface area contributed by atoms with Gasteiger partial charge in [0, 0.05) is 35.1 Å². The van der Waals surface area contributed by atoms with Crippen LogP contribution in [0, 0.1) is 12.7 Å². The van der Waals surface area contributed by atoms with Crippen LogP contribution in [0.2, 0.25) is 0 Å². The zero-order chi connectivity index (χ0) is 20.7. The number of hydrogen-bond acceptors (Lipinski definition) is 3. The van der Waals surface area contributed by atoms with Crippen LogP contribution in [0.5, 0.6) is 0 Å². The first-order chi connectivity index (χ1) is 14.6. The van der Waals surface area contributed by atoms with Gasteiger partial charge >= 0.3 is 0 Å². The molecule has 1 N–H and O–H groups in total. The summed E-state index contributed by atoms with van der Waals surface area (Å²) in [5.41, 5.74) is 4.50. The van der Waals surface area contributed by atoms with Crippen LogP contribution < -0.4 is 5.32 Å². The molecule has 1 aromatic carbocycles. The Balaban J connectivity index is 1.51. The Kier molecular flexibility index (Phi) is 4.54. The third-order valence-corrected chi connectivity index (χ3v) is 5.81. The first-order valence-corrected chi connectivity index (χ1v) is 10.1. The minimum Gasteiger partial charge on any atom is -0.322 e. The van der Waals surface area contributed by atoms with E-state index in [-0.39, 0.29) is 11.7 Å². The summed E-state index contributed by atoms with van der Waals surface area (Å²) in [5, 5.41) is 2.81. The van der Waals surface area contributed by atoms with Crippen molar-refractivity contribution in [3.8, 4) is 11.1 Å². The average Bonchev–Trinajstić information content (AvgIpc) is 3.13. The van der Waals surface area contributed by atoms with Crippen molar-refractivity contribution in [3.05, 3.63) is 84.0 Å². The highest BCUT2D eigenvalue weighted by atomic mass is 19.1. The molecular weight excluding hydrogens is 379 g/mol. The molecule has 0 bridgehead atoms. The van der Waals surface area contributed by atoms with E-state index in [1.54, 1.807) is 13.1 Å². The second-order valence-corrected chi connectivity index (χ2v) is 7.74. The van der Waals surface area contributed by atoms with Crippen LogP contribution >= 0.6 is 0 Å². The number of pyridine rings is 2. The molecule has 1 aliphatic rings. The first-order valence-electron chi connectivity index (χ1n) is 10.1. The van der Waals surface area contributed by atoms with Gasteiger partial charge < -0.3 is 9.72 Å². The molecule has 1 saturated carbocycles. The number of imidazole rings is 1. The lowest BCUT2D eigenvalue weighted by atomic mass is 9.85. The maximum atomic E-state index is 13.1. The normalized spacial score (nSPS) is 13.9. The van der Waals surface area contributed by atoms with Gasteiger partial charge in [0.2, 0.25) is 0 Å². The summed E-state index contributed by atoms with van der Waals surface area (Å²) < 4.78 is 15.3. The summed E-state index contributed by atoms with van der Waals surface area (Å²) in [6.07, 6.45) is 9.36. The highest BCUT2D eigenvalue weighted by molar-refractivity contribution is 6.05. The summed E-state index contributed by atoms with van der Waals surface area (Å²) in [6.45, 7) is 1.80. The number of halogens is 1. The van der Waals surface area contributed by atoms with Crippen molar-refractivity contribution in [2.75, 3.05) is 5.32 Å². The van der Waals surface area contributed by atoms with E-state index in [0.29, 0.717) is 22.9 Å². The second kappa shape index (κ2) is 7.37. The van der Waals surface area contributed by atoms with Gasteiger partial charge in [-0.2, -0.15) is 0 Å². The molecule has 150 valence electrons. The SMILES string of the molecule is Cc1ncc(-c2cccn3c(C4CCC4)ncc23)cc1C(=O)Nc1ccc(F)cc1. The molecule has 1 amide bonds. The molecule has 0 spiro atoms. The van der Waals surface area contributed by atoms with Crippen molar-refractivity contribution in [1.82, 2.24) is 14.4 Å². The zero-order valence-corrected chi connectivity index (χ0v) is 16.6. The maximum Gasteiger partial charge on any atom is 0.257 e. The highest BCUT2D eigenvalue weighted by Crippen LogP contribution is 2.37. The van der Waals surface area contributed by atoms with Crippen LogP contribution in [0.25, 0.3) is 16.6 Å². The van der Waals surface area contributed by atoms with Gasteiger partial charge in [-0.15, -0.1) is 0 Å². The minimum atomic E-state index is -0.344. The first kappa shape index (κ1) is 18.5. The summed E-state index contributed by atoms with van der Waals surface area (Å²) in [7, 11) is 0. The topological polar surface area (TPSA) is 59.3 Å². The number of nitrogens with one attached hydrogen (secondary N) is 1. The molecule has 0 saturated heterocycles. The summed E-state index contributed by atoms with van der Waals surface area (Å²) in [6, 6.07) is 11.6. The van der Waals surface area contributed by atoms with Gasteiger partial charge in [-0.3, -0.25) is 9.78 Å². The summed E-state index contributed by atoms with van der Waals surface area (Å²) >= 11 is 0. The molecule has 0 aliphatic heterocycles. The fourth-order valence-corrected chi connectivity index (χ4v) is 3.90. The molecule has 0 radical (unpaired) electrons. The van der Waals surface area contributed by atoms with Gasteiger partial charge in [0.1, 0.15) is 11.6 Å². The molecule has 30 heavy (non-hydrogen) atoms. The molecule has 0 atom stereocenters. The van der Waals surface area contributed by atoms with Crippen molar-refractivity contribution in [1.29, 1.82) is 0 Å². The van der Waals surface area contributed by atoms with Crippen LogP contribution in [-0.4, -0.2) is 20.3 Å². The van der Waals surface area contributed by atoms with Crippen molar-refractivity contribution < 1.29 is 9.18 Å². The number of benzene rings is 1. The standard InChI is InChI=1S/C24H21FN4O/c1-15-21(24(30)28-19-9-7-18(25)8-10-19)12-17(13-26-15)20-6-3-11-29-22(20)14-27-23(29)16-4-2-5-16/h3,6-14,16H,2,4-5H2,1H3,(H,28,30). The Labute approximate surface area is 173 Å². The molecule has 3 heterocycles. The number of aromatic nitrogens is 3. The van der Waals surface area contributed by atoms with Gasteiger partial charge in [-0.05, 0) is 56.2 Å². The monoisotopic (exact) mass is 400 g/mol. The Morgan fingerprint density at radius 2 is 1.93 bits per heavy atom. The fourth-order valence-electron chi connectivity index (χ4n) is 3.90. The lowest BCUT2D eigenvalue weighted by molar-refractivity contribution is 0.102. The third kappa shape index (κ3) is 3.24. The molecular formula is C24H21FN4O. The van der Waals surface area contributed by atoms with Gasteiger partial charge in [-0.25, -0.2) is 9.37 Å². The molecule has 1 fully saturated rings. The molecule has 3 aromatic heterocycles. The molecule has 6 heteroatoms.